The summed E-state index contributed by atoms with van der Waals surface area (Å²) in [5.74, 6) is 0.747. The number of nitrogens with one attached hydrogen (secondary N) is 2. The number of guanidine groups is 1. The highest BCUT2D eigenvalue weighted by atomic mass is 127. The lowest BCUT2D eigenvalue weighted by Crippen LogP contribution is -2.37. The van der Waals surface area contributed by atoms with Gasteiger partial charge in [0.2, 0.25) is 0 Å². The van der Waals surface area contributed by atoms with E-state index in [1.807, 2.05) is 36.6 Å². The molecule has 28 heavy (non-hydrogen) atoms. The molecule has 0 spiro atoms. The Bertz CT molecular complexity index is 839. The fourth-order valence-electron chi connectivity index (χ4n) is 2.67. The third-order valence-electron chi connectivity index (χ3n) is 4.14. The minimum Gasteiger partial charge on any atom is -0.357 e. The average Bonchev–Trinajstić information content (AvgIpc) is 2.62. The highest BCUT2D eigenvalue weighted by Gasteiger charge is 2.03. The summed E-state index contributed by atoms with van der Waals surface area (Å²) < 4.78 is 1.81. The second-order valence-electron chi connectivity index (χ2n) is 6.22. The predicted molar refractivity (Wildman–Crippen MR) is 129 cm³/mol. The number of nitrogens with zero attached hydrogens (tertiary/aromatic N) is 2. The molecule has 2 N–H and O–H groups in total. The quantitative estimate of drug-likeness (QED) is 0.224. The summed E-state index contributed by atoms with van der Waals surface area (Å²) in [5, 5.41) is 7.78. The maximum atomic E-state index is 11.9. The third-order valence-corrected chi connectivity index (χ3v) is 4.72. The number of pyridine rings is 1. The Balaban J connectivity index is 0.00000392. The van der Waals surface area contributed by atoms with Gasteiger partial charge in [0.25, 0.3) is 5.56 Å². The van der Waals surface area contributed by atoms with E-state index in [4.69, 9.17) is 23.2 Å². The number of hydrogen-bond donors (Lipinski definition) is 2. The SMILES string of the molecule is CCNC(=NCc1ccc(Cl)cc1Cl)NCCCCn1c(C)cccc1=O.I. The van der Waals surface area contributed by atoms with Crippen molar-refractivity contribution in [2.24, 2.45) is 4.99 Å². The highest BCUT2D eigenvalue weighted by Crippen LogP contribution is 2.21. The van der Waals surface area contributed by atoms with Gasteiger partial charge in [-0.3, -0.25) is 4.79 Å². The molecule has 0 saturated carbocycles. The summed E-state index contributed by atoms with van der Waals surface area (Å²) in [4.78, 5) is 16.4. The Morgan fingerprint density at radius 3 is 2.61 bits per heavy atom. The minimum absolute atomic E-state index is 0. The molecular formula is C20H27Cl2IN4O. The van der Waals surface area contributed by atoms with Crippen LogP contribution >= 0.6 is 47.2 Å². The van der Waals surface area contributed by atoms with Crippen LogP contribution in [0.25, 0.3) is 0 Å². The number of unbranched alkanes of at least 4 members (excludes halogenated alkanes) is 1. The maximum absolute atomic E-state index is 11.9. The van der Waals surface area contributed by atoms with E-state index in [1.165, 1.54) is 0 Å². The summed E-state index contributed by atoms with van der Waals surface area (Å²) in [6, 6.07) is 10.8. The number of benzene rings is 1. The van der Waals surface area contributed by atoms with E-state index in [9.17, 15) is 4.79 Å². The fraction of sp³-hybridized carbons (Fsp3) is 0.400. The van der Waals surface area contributed by atoms with Crippen LogP contribution in [0.4, 0.5) is 0 Å². The molecule has 0 fully saturated rings. The van der Waals surface area contributed by atoms with Crippen LogP contribution in [0, 0.1) is 6.92 Å². The maximum Gasteiger partial charge on any atom is 0.250 e. The lowest BCUT2D eigenvalue weighted by molar-refractivity contribution is 0.575. The molecule has 0 amide bonds. The number of aromatic nitrogens is 1. The first-order chi connectivity index (χ1) is 13.0. The van der Waals surface area contributed by atoms with Crippen LogP contribution in [-0.2, 0) is 13.1 Å². The van der Waals surface area contributed by atoms with Gasteiger partial charge in [0.1, 0.15) is 0 Å². The second-order valence-corrected chi connectivity index (χ2v) is 7.07. The molecule has 0 bridgehead atoms. The molecule has 0 saturated heterocycles. The lowest BCUT2D eigenvalue weighted by atomic mass is 10.2. The van der Waals surface area contributed by atoms with Crippen LogP contribution in [0.5, 0.6) is 0 Å². The third kappa shape index (κ3) is 8.01. The largest absolute Gasteiger partial charge is 0.357 e. The summed E-state index contributed by atoms with van der Waals surface area (Å²) in [6.45, 7) is 6.74. The van der Waals surface area contributed by atoms with Crippen molar-refractivity contribution < 1.29 is 0 Å². The van der Waals surface area contributed by atoms with E-state index in [-0.39, 0.29) is 29.5 Å². The van der Waals surface area contributed by atoms with Crippen molar-refractivity contribution in [2.45, 2.75) is 39.8 Å². The Hall–Kier alpha value is -1.25. The second kappa shape index (κ2) is 13.1. The van der Waals surface area contributed by atoms with Gasteiger partial charge in [-0.15, -0.1) is 24.0 Å². The van der Waals surface area contributed by atoms with Crippen molar-refractivity contribution >= 4 is 53.1 Å². The standard InChI is InChI=1S/C20H26Cl2N4O.HI/c1-3-23-20(25-14-16-9-10-17(21)13-18(16)22)24-11-4-5-12-26-15(2)7-6-8-19(26)27;/h6-10,13H,3-5,11-12,14H2,1-2H3,(H2,23,24,25);1H. The van der Waals surface area contributed by atoms with Gasteiger partial charge in [-0.05, 0) is 50.5 Å². The van der Waals surface area contributed by atoms with Crippen molar-refractivity contribution in [3.63, 3.8) is 0 Å². The van der Waals surface area contributed by atoms with E-state index in [2.05, 4.69) is 15.6 Å². The van der Waals surface area contributed by atoms with E-state index in [0.717, 1.165) is 49.7 Å². The van der Waals surface area contributed by atoms with Gasteiger partial charge < -0.3 is 15.2 Å². The normalized spacial score (nSPS) is 11.1. The minimum atomic E-state index is 0. The van der Waals surface area contributed by atoms with Crippen LogP contribution in [-0.4, -0.2) is 23.6 Å². The molecule has 0 atom stereocenters. The molecule has 8 heteroatoms. The molecule has 0 aliphatic heterocycles. The topological polar surface area (TPSA) is 58.4 Å². The Morgan fingerprint density at radius 1 is 1.14 bits per heavy atom. The number of rotatable bonds is 8. The number of halogens is 3. The van der Waals surface area contributed by atoms with Crippen LogP contribution in [0.15, 0.2) is 46.2 Å². The molecule has 0 aliphatic carbocycles. The van der Waals surface area contributed by atoms with Crippen LogP contribution < -0.4 is 16.2 Å². The van der Waals surface area contributed by atoms with Crippen LogP contribution in [0.2, 0.25) is 10.0 Å². The summed E-state index contributed by atoms with van der Waals surface area (Å²) in [5.41, 5.74) is 1.97. The Kier molecular flexibility index (Phi) is 11.6. The van der Waals surface area contributed by atoms with Gasteiger partial charge in [-0.25, -0.2) is 4.99 Å². The van der Waals surface area contributed by atoms with Crippen molar-refractivity contribution in [3.8, 4) is 0 Å². The molecule has 5 nitrogen and oxygen atoms in total. The van der Waals surface area contributed by atoms with Gasteiger partial charge in [-0.2, -0.15) is 0 Å². The lowest BCUT2D eigenvalue weighted by Gasteiger charge is -2.12. The summed E-state index contributed by atoms with van der Waals surface area (Å²) in [6.07, 6.45) is 1.85. The first kappa shape index (κ1) is 24.8. The first-order valence-corrected chi connectivity index (χ1v) is 9.89. The summed E-state index contributed by atoms with van der Waals surface area (Å²) in [7, 11) is 0. The summed E-state index contributed by atoms with van der Waals surface area (Å²) >= 11 is 12.1. The molecule has 0 radical (unpaired) electrons. The molecule has 2 rings (SSSR count). The van der Waals surface area contributed by atoms with E-state index >= 15 is 0 Å². The zero-order valence-corrected chi connectivity index (χ0v) is 20.0. The number of aliphatic imine (C=N–C) groups is 1. The van der Waals surface area contributed by atoms with Crippen LogP contribution in [0.3, 0.4) is 0 Å². The van der Waals surface area contributed by atoms with Crippen molar-refractivity contribution in [1.82, 2.24) is 15.2 Å². The molecule has 1 aromatic heterocycles. The van der Waals surface area contributed by atoms with Gasteiger partial charge in [-0.1, -0.05) is 35.3 Å². The molecule has 0 aliphatic rings. The number of aryl methyl sites for hydroxylation is 1. The van der Waals surface area contributed by atoms with Crippen molar-refractivity contribution in [1.29, 1.82) is 0 Å². The van der Waals surface area contributed by atoms with Gasteiger partial charge >= 0.3 is 0 Å². The monoisotopic (exact) mass is 536 g/mol. The molecule has 154 valence electrons. The molecular weight excluding hydrogens is 510 g/mol. The van der Waals surface area contributed by atoms with E-state index in [1.54, 1.807) is 18.2 Å². The first-order valence-electron chi connectivity index (χ1n) is 9.14. The fourth-order valence-corrected chi connectivity index (χ4v) is 3.14. The molecule has 1 aromatic carbocycles. The Morgan fingerprint density at radius 2 is 1.93 bits per heavy atom. The zero-order chi connectivity index (χ0) is 19.6. The number of hydrogen-bond acceptors (Lipinski definition) is 2. The van der Waals surface area contributed by atoms with Crippen molar-refractivity contribution in [2.75, 3.05) is 13.1 Å². The van der Waals surface area contributed by atoms with E-state index < -0.39 is 0 Å². The van der Waals surface area contributed by atoms with Gasteiger partial charge in [0, 0.05) is 41.4 Å². The van der Waals surface area contributed by atoms with Crippen LogP contribution in [0.1, 0.15) is 31.0 Å². The van der Waals surface area contributed by atoms with E-state index in [0.29, 0.717) is 16.6 Å². The molecule has 2 aromatic rings. The predicted octanol–water partition coefficient (Wildman–Crippen LogP) is 4.62. The highest BCUT2D eigenvalue weighted by molar-refractivity contribution is 14.0. The average molecular weight is 537 g/mol. The zero-order valence-electron chi connectivity index (χ0n) is 16.2. The smallest absolute Gasteiger partial charge is 0.250 e. The van der Waals surface area contributed by atoms with Gasteiger partial charge in [0.05, 0.1) is 6.54 Å². The van der Waals surface area contributed by atoms with Gasteiger partial charge in [0.15, 0.2) is 5.96 Å². The van der Waals surface area contributed by atoms with Crippen molar-refractivity contribution in [3.05, 3.63) is 68.1 Å². The Labute approximate surface area is 193 Å². The molecule has 0 unspecified atom stereocenters. The molecule has 1 heterocycles.